The van der Waals surface area contributed by atoms with E-state index >= 15 is 0 Å². The second-order valence-electron chi connectivity index (χ2n) is 8.05. The molecule has 0 amide bonds. The first kappa shape index (κ1) is 25.6. The van der Waals surface area contributed by atoms with Crippen molar-refractivity contribution in [1.29, 1.82) is 0 Å². The average molecular weight is 462 g/mol. The smallest absolute Gasteiger partial charge is 0.330 e. The lowest BCUT2D eigenvalue weighted by molar-refractivity contribution is -0.137. The number of unbranched alkanes of at least 4 members (excludes halogenated alkanes) is 1. The summed E-state index contributed by atoms with van der Waals surface area (Å²) < 4.78 is 5.14. The number of hydrogen-bond donors (Lipinski definition) is 0. The number of carbonyl (C=O) groups excluding carboxylic acids is 1. The monoisotopic (exact) mass is 460 g/mol. The molecule has 0 heterocycles. The fraction of sp³-hybridized carbons (Fsp3) is 0.591. The van der Waals surface area contributed by atoms with Crippen LogP contribution in [0.2, 0.25) is 26.7 Å². The zero-order valence-electron chi connectivity index (χ0n) is 18.1. The molecule has 0 saturated carbocycles. The van der Waals surface area contributed by atoms with E-state index < -0.39 is 7.22 Å². The summed E-state index contributed by atoms with van der Waals surface area (Å²) >= 11 is 15.2. The topological polar surface area (TPSA) is 26.3 Å². The molecule has 158 valence electrons. The largest absolute Gasteiger partial charge is 0.463 e. The Morgan fingerprint density at radius 1 is 1.07 bits per heavy atom. The molecule has 0 bridgehead atoms. The molecular formula is C22H34Cl2O2SSi. The van der Waals surface area contributed by atoms with Crippen molar-refractivity contribution in [3.05, 3.63) is 33.8 Å². The van der Waals surface area contributed by atoms with Crippen molar-refractivity contribution in [1.82, 2.24) is 0 Å². The molecule has 0 saturated heterocycles. The molecule has 0 aliphatic carbocycles. The van der Waals surface area contributed by atoms with Gasteiger partial charge in [-0.3, -0.25) is 0 Å². The maximum absolute atomic E-state index is 11.8. The maximum Gasteiger partial charge on any atom is 0.330 e. The van der Waals surface area contributed by atoms with Gasteiger partial charge in [-0.1, -0.05) is 84.2 Å². The molecule has 0 aliphatic heterocycles. The highest BCUT2D eigenvalue weighted by molar-refractivity contribution is 8.29. The number of carbonyl (C=O) groups is 1. The van der Waals surface area contributed by atoms with Crippen LogP contribution in [0.25, 0.3) is 6.08 Å². The van der Waals surface area contributed by atoms with E-state index in [0.717, 1.165) is 23.3 Å². The Morgan fingerprint density at radius 3 is 2.14 bits per heavy atom. The SMILES string of the molecule is CCCCOC(=O)/C=C/c1ccc(S[Si](C(C)C)(C(C)C)C(C)C)c(Cl)c1Cl. The molecule has 1 aromatic rings. The quantitative estimate of drug-likeness (QED) is 0.151. The van der Waals surface area contributed by atoms with E-state index in [9.17, 15) is 4.79 Å². The molecule has 6 heteroatoms. The highest BCUT2D eigenvalue weighted by Crippen LogP contribution is 2.53. The van der Waals surface area contributed by atoms with Gasteiger partial charge in [0.15, 0.2) is 0 Å². The fourth-order valence-corrected chi connectivity index (χ4v) is 13.8. The summed E-state index contributed by atoms with van der Waals surface area (Å²) in [5.41, 5.74) is 2.58. The highest BCUT2D eigenvalue weighted by atomic mass is 35.5. The highest BCUT2D eigenvalue weighted by Gasteiger charge is 2.44. The summed E-state index contributed by atoms with van der Waals surface area (Å²) in [6.07, 6.45) is 4.95. The first-order valence-electron chi connectivity index (χ1n) is 10.1. The molecule has 1 aromatic carbocycles. The Balaban J connectivity index is 3.10. The summed E-state index contributed by atoms with van der Waals surface area (Å²) in [7, 11) is -1.71. The van der Waals surface area contributed by atoms with Crippen LogP contribution in [0.5, 0.6) is 0 Å². The Bertz CT molecular complexity index is 666. The second-order valence-corrected chi connectivity index (χ2v) is 17.4. The van der Waals surface area contributed by atoms with E-state index in [0.29, 0.717) is 33.3 Å². The van der Waals surface area contributed by atoms with Gasteiger partial charge in [-0.05, 0) is 40.8 Å². The molecule has 0 unspecified atom stereocenters. The van der Waals surface area contributed by atoms with Crippen LogP contribution in [0.4, 0.5) is 0 Å². The van der Waals surface area contributed by atoms with Gasteiger partial charge in [-0.2, -0.15) is 0 Å². The van der Waals surface area contributed by atoms with Crippen LogP contribution in [0.15, 0.2) is 23.1 Å². The Hall–Kier alpha value is -0.423. The molecule has 28 heavy (non-hydrogen) atoms. The molecule has 0 N–H and O–H groups in total. The van der Waals surface area contributed by atoms with Gasteiger partial charge >= 0.3 is 5.97 Å². The van der Waals surface area contributed by atoms with Gasteiger partial charge in [0.2, 0.25) is 0 Å². The second kappa shape index (κ2) is 11.7. The van der Waals surface area contributed by atoms with E-state index in [1.54, 1.807) is 6.08 Å². The summed E-state index contributed by atoms with van der Waals surface area (Å²) in [4.78, 5) is 12.8. The number of benzene rings is 1. The van der Waals surface area contributed by atoms with Gasteiger partial charge in [-0.25, -0.2) is 4.79 Å². The third-order valence-electron chi connectivity index (χ3n) is 5.21. The minimum Gasteiger partial charge on any atom is -0.463 e. The van der Waals surface area contributed by atoms with Gasteiger partial charge in [0, 0.05) is 11.0 Å². The van der Waals surface area contributed by atoms with Crippen LogP contribution in [0.1, 0.15) is 66.9 Å². The van der Waals surface area contributed by atoms with Crippen molar-refractivity contribution in [3.8, 4) is 0 Å². The van der Waals surface area contributed by atoms with Crippen LogP contribution in [-0.4, -0.2) is 19.8 Å². The third-order valence-corrected chi connectivity index (χ3v) is 18.5. The van der Waals surface area contributed by atoms with Crippen LogP contribution in [0, 0.1) is 0 Å². The average Bonchev–Trinajstić information content (AvgIpc) is 2.61. The predicted octanol–water partition coefficient (Wildman–Crippen LogP) is 8.62. The lowest BCUT2D eigenvalue weighted by Gasteiger charge is -2.42. The summed E-state index contributed by atoms with van der Waals surface area (Å²) in [5, 5.41) is 1.07. The van der Waals surface area contributed by atoms with Gasteiger partial charge in [0.05, 0.1) is 16.7 Å². The zero-order chi connectivity index (χ0) is 21.5. The molecule has 0 radical (unpaired) electrons. The van der Waals surface area contributed by atoms with Gasteiger partial charge in [0.25, 0.3) is 0 Å². The van der Waals surface area contributed by atoms with Crippen LogP contribution in [-0.2, 0) is 9.53 Å². The lowest BCUT2D eigenvalue weighted by atomic mass is 10.2. The van der Waals surface area contributed by atoms with Crippen molar-refractivity contribution in [2.75, 3.05) is 6.61 Å². The molecule has 0 aromatic heterocycles. The van der Waals surface area contributed by atoms with E-state index in [1.807, 2.05) is 23.3 Å². The van der Waals surface area contributed by atoms with Crippen LogP contribution in [0.3, 0.4) is 0 Å². The minimum atomic E-state index is -1.71. The summed E-state index contributed by atoms with van der Waals surface area (Å²) in [6, 6.07) is 3.97. The number of halogens is 2. The molecule has 0 aliphatic rings. The van der Waals surface area contributed by atoms with E-state index in [-0.39, 0.29) is 5.97 Å². The van der Waals surface area contributed by atoms with E-state index in [4.69, 9.17) is 27.9 Å². The van der Waals surface area contributed by atoms with Crippen LogP contribution < -0.4 is 0 Å². The van der Waals surface area contributed by atoms with Crippen molar-refractivity contribution >= 4 is 53.7 Å². The Morgan fingerprint density at radius 2 is 1.64 bits per heavy atom. The maximum atomic E-state index is 11.8. The number of rotatable bonds is 10. The standard InChI is InChI=1S/C22H34Cl2O2SSi/c1-8-9-14-26-20(25)13-11-18-10-12-19(22(24)21(18)23)27-28(15(2)3,16(4)5)17(6)7/h10-13,15-17H,8-9,14H2,1-7H3/b13-11+. The van der Waals surface area contributed by atoms with Crippen molar-refractivity contribution in [2.24, 2.45) is 0 Å². The Kier molecular flexibility index (Phi) is 10.7. The molecule has 1 rings (SSSR count). The third kappa shape index (κ3) is 6.29. The fourth-order valence-electron chi connectivity index (χ4n) is 3.82. The number of hydrogen-bond acceptors (Lipinski definition) is 3. The van der Waals surface area contributed by atoms with Gasteiger partial charge in [0.1, 0.15) is 7.22 Å². The van der Waals surface area contributed by atoms with E-state index in [1.165, 1.54) is 6.08 Å². The van der Waals surface area contributed by atoms with Crippen molar-refractivity contribution in [2.45, 2.75) is 82.8 Å². The molecular weight excluding hydrogens is 427 g/mol. The first-order chi connectivity index (χ1) is 13.1. The van der Waals surface area contributed by atoms with Crippen molar-refractivity contribution < 1.29 is 9.53 Å². The first-order valence-corrected chi connectivity index (χ1v) is 14.6. The number of ether oxygens (including phenoxy) is 1. The minimum absolute atomic E-state index is 0.357. The molecule has 2 nitrogen and oxygen atoms in total. The van der Waals surface area contributed by atoms with Gasteiger partial charge < -0.3 is 4.74 Å². The summed E-state index contributed by atoms with van der Waals surface area (Å²) in [5.74, 6) is -0.357. The zero-order valence-corrected chi connectivity index (χ0v) is 21.5. The lowest BCUT2D eigenvalue weighted by Crippen LogP contribution is -2.41. The predicted molar refractivity (Wildman–Crippen MR) is 128 cm³/mol. The van der Waals surface area contributed by atoms with E-state index in [2.05, 4.69) is 48.5 Å². The molecule has 0 atom stereocenters. The van der Waals surface area contributed by atoms with Crippen LogP contribution >= 0.6 is 34.4 Å². The molecule has 0 fully saturated rings. The molecule has 0 spiro atoms. The normalized spacial score (nSPS) is 12.6. The van der Waals surface area contributed by atoms with Crippen molar-refractivity contribution in [3.63, 3.8) is 0 Å². The Labute approximate surface area is 186 Å². The summed E-state index contributed by atoms with van der Waals surface area (Å²) in [6.45, 7) is 16.5. The van der Waals surface area contributed by atoms with Gasteiger partial charge in [-0.15, -0.1) is 11.2 Å². The number of esters is 1.